The van der Waals surface area contributed by atoms with Gasteiger partial charge in [-0.25, -0.2) is 19.7 Å². The highest BCUT2D eigenvalue weighted by Crippen LogP contribution is 2.22. The number of oxazole rings is 2. The van der Waals surface area contributed by atoms with E-state index in [9.17, 15) is 9.59 Å². The molecule has 1 unspecified atom stereocenters. The summed E-state index contributed by atoms with van der Waals surface area (Å²) in [5, 5.41) is 0. The smallest absolute Gasteiger partial charge is 0.417 e. The number of ether oxygens (including phenoxy) is 2. The summed E-state index contributed by atoms with van der Waals surface area (Å²) in [5.74, 6) is 2.54. The number of furan rings is 2. The van der Waals surface area contributed by atoms with Gasteiger partial charge in [-0.1, -0.05) is 12.1 Å². The summed E-state index contributed by atoms with van der Waals surface area (Å²) in [4.78, 5) is 34.9. The van der Waals surface area contributed by atoms with Crippen LogP contribution in [0.15, 0.2) is 91.3 Å². The lowest BCUT2D eigenvalue weighted by Crippen LogP contribution is -2.31. The molecule has 1 aliphatic heterocycles. The van der Waals surface area contributed by atoms with E-state index < -0.39 is 12.2 Å². The van der Waals surface area contributed by atoms with Crippen molar-refractivity contribution in [1.82, 2.24) is 14.9 Å². The van der Waals surface area contributed by atoms with Gasteiger partial charge in [0.15, 0.2) is 6.10 Å². The summed E-state index contributed by atoms with van der Waals surface area (Å²) in [6, 6.07) is 15.1. The van der Waals surface area contributed by atoms with Crippen LogP contribution in [0.3, 0.4) is 0 Å². The summed E-state index contributed by atoms with van der Waals surface area (Å²) < 4.78 is 32.5. The average molecular weight is 596 g/mol. The molecular weight excluding hydrogens is 566 g/mol. The highest BCUT2D eigenvalue weighted by Gasteiger charge is 2.40. The number of rotatable bonds is 14. The molecule has 0 spiro atoms. The van der Waals surface area contributed by atoms with Crippen molar-refractivity contribution in [3.8, 4) is 5.75 Å². The molecule has 0 radical (unpaired) electrons. The number of aromatic nitrogens is 2. The summed E-state index contributed by atoms with van der Waals surface area (Å²) >= 11 is 0. The van der Waals surface area contributed by atoms with Crippen LogP contribution < -0.4 is 4.74 Å². The van der Waals surface area contributed by atoms with Crippen LogP contribution in [0.5, 0.6) is 5.75 Å². The Morgan fingerprint density at radius 3 is 2.09 bits per heavy atom. The first-order valence-electron chi connectivity index (χ1n) is 14.1. The van der Waals surface area contributed by atoms with Crippen LogP contribution in [0.4, 0.5) is 4.79 Å². The van der Waals surface area contributed by atoms with Crippen LogP contribution in [0, 0.1) is 0 Å². The lowest BCUT2D eigenvalue weighted by Gasteiger charge is -2.09. The third kappa shape index (κ3) is 7.43. The fourth-order valence-corrected chi connectivity index (χ4v) is 4.57. The maximum absolute atomic E-state index is 12.8. The maximum atomic E-state index is 12.8. The molecule has 4 aromatic heterocycles. The summed E-state index contributed by atoms with van der Waals surface area (Å²) in [5.41, 5.74) is 2.27. The van der Waals surface area contributed by atoms with Crippen LogP contribution in [0.25, 0.3) is 24.3 Å². The van der Waals surface area contributed by atoms with Crippen LogP contribution >= 0.6 is 0 Å². The predicted molar refractivity (Wildman–Crippen MR) is 157 cm³/mol. The van der Waals surface area contributed by atoms with E-state index in [0.717, 1.165) is 35.5 Å². The summed E-state index contributed by atoms with van der Waals surface area (Å²) in [6.07, 6.45) is 14.4. The van der Waals surface area contributed by atoms with Crippen LogP contribution in [-0.4, -0.2) is 33.0 Å². The molecular formula is C33H29N3O8. The SMILES string of the molecule is O=C1OC(CCCCc2ccc(OCc3coc(/C=C/c4ccco4)n3)cc2)C(=O)N1Cc1coc(/C=C/c2ccco2)n1. The Hall–Kier alpha value is -5.58. The second-order valence-electron chi connectivity index (χ2n) is 10.0. The Morgan fingerprint density at radius 1 is 0.773 bits per heavy atom. The third-order valence-corrected chi connectivity index (χ3v) is 6.82. The molecule has 11 heteroatoms. The first kappa shape index (κ1) is 28.5. The third-order valence-electron chi connectivity index (χ3n) is 6.82. The number of nitrogens with zero attached hydrogens (tertiary/aromatic N) is 3. The van der Waals surface area contributed by atoms with Crippen molar-refractivity contribution in [1.29, 1.82) is 0 Å². The van der Waals surface area contributed by atoms with E-state index in [1.54, 1.807) is 55.2 Å². The van der Waals surface area contributed by atoms with E-state index in [2.05, 4.69) is 9.97 Å². The highest BCUT2D eigenvalue weighted by molar-refractivity contribution is 5.99. The number of cyclic esters (lactones) is 1. The molecule has 1 fully saturated rings. The highest BCUT2D eigenvalue weighted by atomic mass is 16.6. The lowest BCUT2D eigenvalue weighted by atomic mass is 10.0. The van der Waals surface area contributed by atoms with E-state index in [1.807, 2.05) is 36.4 Å². The van der Waals surface area contributed by atoms with Gasteiger partial charge in [-0.3, -0.25) is 4.79 Å². The minimum Gasteiger partial charge on any atom is -0.487 e. The number of unbranched alkanes of at least 4 members (excludes halogenated alkanes) is 1. The summed E-state index contributed by atoms with van der Waals surface area (Å²) in [7, 11) is 0. The average Bonchev–Trinajstić information content (AvgIpc) is 3.88. The fraction of sp³-hybridized carbons (Fsp3) is 0.212. The molecule has 0 saturated carbocycles. The van der Waals surface area contributed by atoms with E-state index in [0.29, 0.717) is 41.1 Å². The Balaban J connectivity index is 0.900. The van der Waals surface area contributed by atoms with Gasteiger partial charge < -0.3 is 27.1 Å². The van der Waals surface area contributed by atoms with Crippen molar-refractivity contribution in [3.05, 3.63) is 114 Å². The number of hydrogen-bond acceptors (Lipinski definition) is 10. The van der Waals surface area contributed by atoms with Crippen molar-refractivity contribution in [2.24, 2.45) is 0 Å². The summed E-state index contributed by atoms with van der Waals surface area (Å²) in [6.45, 7) is 0.268. The molecule has 0 bridgehead atoms. The minimum absolute atomic E-state index is 0.0126. The number of benzene rings is 1. The molecule has 2 amide bonds. The number of aryl methyl sites for hydroxylation is 1. The second-order valence-corrected chi connectivity index (χ2v) is 10.0. The molecule has 1 aromatic carbocycles. The van der Waals surface area contributed by atoms with Gasteiger partial charge in [0.05, 0.1) is 24.8 Å². The van der Waals surface area contributed by atoms with Gasteiger partial charge in [-0.05, 0) is 79.8 Å². The van der Waals surface area contributed by atoms with Crippen LogP contribution in [0.2, 0.25) is 0 Å². The fourth-order valence-electron chi connectivity index (χ4n) is 4.57. The van der Waals surface area contributed by atoms with Crippen molar-refractivity contribution in [3.63, 3.8) is 0 Å². The monoisotopic (exact) mass is 595 g/mol. The molecule has 0 N–H and O–H groups in total. The van der Waals surface area contributed by atoms with Gasteiger partial charge in [-0.15, -0.1) is 0 Å². The largest absolute Gasteiger partial charge is 0.487 e. The molecule has 5 aromatic rings. The Morgan fingerprint density at radius 2 is 1.43 bits per heavy atom. The van der Waals surface area contributed by atoms with Gasteiger partial charge in [0, 0.05) is 12.2 Å². The molecule has 11 nitrogen and oxygen atoms in total. The van der Waals surface area contributed by atoms with Gasteiger partial charge in [0.1, 0.15) is 42.1 Å². The predicted octanol–water partition coefficient (Wildman–Crippen LogP) is 7.03. The van der Waals surface area contributed by atoms with E-state index in [1.165, 1.54) is 6.26 Å². The number of hydrogen-bond donors (Lipinski definition) is 0. The number of imide groups is 1. The zero-order valence-electron chi connectivity index (χ0n) is 23.7. The van der Waals surface area contributed by atoms with Crippen molar-refractivity contribution < 1.29 is 36.7 Å². The van der Waals surface area contributed by atoms with Gasteiger partial charge in [-0.2, -0.15) is 0 Å². The number of carbonyl (C=O) groups is 2. The van der Waals surface area contributed by atoms with Gasteiger partial charge in [0.2, 0.25) is 11.8 Å². The zero-order chi connectivity index (χ0) is 30.1. The standard InChI is InChI=1S/C33H29N3O8/c37-32-29(44-33(38)36(32)19-24-20-42-30(34-24)15-13-26-6-3-17-39-26)8-2-1-5-23-9-11-28(12-10-23)41-21-25-22-43-31(35-25)16-14-27-7-4-18-40-27/h3-4,6-7,9-18,20,22,29H,1-2,5,8,19,21H2/b15-13+,16-14+. The first-order valence-corrected chi connectivity index (χ1v) is 14.1. The van der Waals surface area contributed by atoms with E-state index in [4.69, 9.17) is 27.1 Å². The van der Waals surface area contributed by atoms with Crippen LogP contribution in [0.1, 0.15) is 59.5 Å². The Kier molecular flexibility index (Phi) is 8.82. The van der Waals surface area contributed by atoms with Crippen LogP contribution in [-0.2, 0) is 29.1 Å². The quantitative estimate of drug-likeness (QED) is 0.123. The van der Waals surface area contributed by atoms with Crippen molar-refractivity contribution >= 4 is 36.3 Å². The topological polar surface area (TPSA) is 134 Å². The Bertz CT molecular complexity index is 1710. The molecule has 0 aliphatic carbocycles. The number of amides is 2. The zero-order valence-corrected chi connectivity index (χ0v) is 23.7. The second kappa shape index (κ2) is 13.6. The lowest BCUT2D eigenvalue weighted by molar-refractivity contribution is -0.130. The first-order chi connectivity index (χ1) is 21.6. The van der Waals surface area contributed by atoms with E-state index >= 15 is 0 Å². The molecule has 44 heavy (non-hydrogen) atoms. The molecule has 1 saturated heterocycles. The molecule has 224 valence electrons. The van der Waals surface area contributed by atoms with Gasteiger partial charge in [0.25, 0.3) is 5.91 Å². The normalized spacial score (nSPS) is 15.2. The minimum atomic E-state index is -0.791. The van der Waals surface area contributed by atoms with Gasteiger partial charge >= 0.3 is 6.09 Å². The number of carbonyl (C=O) groups excluding carboxylic acids is 2. The maximum Gasteiger partial charge on any atom is 0.417 e. The Labute approximate surface area is 252 Å². The molecule has 6 rings (SSSR count). The van der Waals surface area contributed by atoms with Crippen molar-refractivity contribution in [2.75, 3.05) is 0 Å². The molecule has 5 heterocycles. The van der Waals surface area contributed by atoms with E-state index in [-0.39, 0.29) is 19.1 Å². The molecule has 1 aliphatic rings. The van der Waals surface area contributed by atoms with Crippen molar-refractivity contribution in [2.45, 2.75) is 44.9 Å². The molecule has 1 atom stereocenters.